The van der Waals surface area contributed by atoms with E-state index in [1.54, 1.807) is 24.3 Å². The first-order chi connectivity index (χ1) is 12.5. The third kappa shape index (κ3) is 2.14. The van der Waals surface area contributed by atoms with Gasteiger partial charge in [0.15, 0.2) is 0 Å². The van der Waals surface area contributed by atoms with Crippen molar-refractivity contribution in [2.45, 2.75) is 48.1 Å². The normalized spacial score (nSPS) is 21.9. The largest absolute Gasteiger partial charge is 0.347 e. The third-order valence-corrected chi connectivity index (χ3v) is 7.76. The molecule has 2 unspecified atom stereocenters. The Bertz CT molecular complexity index is 1130. The molecule has 134 valence electrons. The average Bonchev–Trinajstić information content (AvgIpc) is 3.15. The van der Waals surface area contributed by atoms with Crippen LogP contribution in [0.1, 0.15) is 35.7 Å². The Kier molecular flexibility index (Phi) is 3.37. The molecule has 1 aromatic heterocycles. The fourth-order valence-corrected chi connectivity index (χ4v) is 6.23. The maximum Gasteiger partial charge on any atom is 0.206 e. The topological polar surface area (TPSA) is 51.1 Å². The molecular weight excluding hydrogens is 344 g/mol. The molecular formula is C21H22N2O2S. The van der Waals surface area contributed by atoms with E-state index in [4.69, 9.17) is 0 Å². The minimum Gasteiger partial charge on any atom is -0.347 e. The Labute approximate surface area is 153 Å². The van der Waals surface area contributed by atoms with E-state index in [0.717, 1.165) is 29.3 Å². The van der Waals surface area contributed by atoms with Crippen molar-refractivity contribution in [1.29, 1.82) is 0 Å². The van der Waals surface area contributed by atoms with Crippen molar-refractivity contribution in [2.75, 3.05) is 0 Å². The summed E-state index contributed by atoms with van der Waals surface area (Å²) in [5.74, 6) is 0. The van der Waals surface area contributed by atoms with Gasteiger partial charge in [0.2, 0.25) is 9.84 Å². The molecule has 0 amide bonds. The summed E-state index contributed by atoms with van der Waals surface area (Å²) < 4.78 is 28.6. The lowest BCUT2D eigenvalue weighted by molar-refractivity contribution is 0.503. The Morgan fingerprint density at radius 3 is 2.62 bits per heavy atom. The van der Waals surface area contributed by atoms with Crippen LogP contribution in [0.5, 0.6) is 0 Å². The maximum atomic E-state index is 13.1. The van der Waals surface area contributed by atoms with E-state index in [-0.39, 0.29) is 0 Å². The zero-order valence-corrected chi connectivity index (χ0v) is 15.8. The molecule has 2 atom stereocenters. The van der Waals surface area contributed by atoms with Crippen LogP contribution in [0.25, 0.3) is 10.9 Å². The predicted molar refractivity (Wildman–Crippen MR) is 102 cm³/mol. The molecule has 2 aromatic carbocycles. The van der Waals surface area contributed by atoms with Crippen LogP contribution in [0, 0.1) is 6.92 Å². The fourth-order valence-electron chi connectivity index (χ4n) is 4.84. The summed E-state index contributed by atoms with van der Waals surface area (Å²) >= 11 is 0. The smallest absolute Gasteiger partial charge is 0.206 e. The lowest BCUT2D eigenvalue weighted by atomic mass is 9.98. The van der Waals surface area contributed by atoms with Crippen molar-refractivity contribution in [1.82, 2.24) is 9.88 Å². The first-order valence-electron chi connectivity index (χ1n) is 9.15. The highest BCUT2D eigenvalue weighted by atomic mass is 32.2. The quantitative estimate of drug-likeness (QED) is 0.753. The number of fused-ring (bicyclic) bond motifs is 6. The minimum atomic E-state index is -3.51. The molecule has 0 aliphatic carbocycles. The second kappa shape index (κ2) is 5.44. The Morgan fingerprint density at radius 2 is 1.85 bits per heavy atom. The van der Waals surface area contributed by atoms with Crippen LogP contribution in [0.4, 0.5) is 0 Å². The molecule has 0 radical (unpaired) electrons. The monoisotopic (exact) mass is 366 g/mol. The Morgan fingerprint density at radius 1 is 1.08 bits per heavy atom. The van der Waals surface area contributed by atoms with Gasteiger partial charge in [0, 0.05) is 36.6 Å². The fraction of sp³-hybridized carbons (Fsp3) is 0.333. The SMILES string of the molecule is Cc1cc(S(=O)(=O)c2ccccc2)cc2c3c(n(C)c12)CC1CCC3N1. The van der Waals surface area contributed by atoms with E-state index >= 15 is 0 Å². The van der Waals surface area contributed by atoms with Gasteiger partial charge >= 0.3 is 0 Å². The van der Waals surface area contributed by atoms with Gasteiger partial charge in [-0.05, 0) is 55.2 Å². The van der Waals surface area contributed by atoms with Crippen molar-refractivity contribution in [3.05, 3.63) is 59.3 Å². The number of rotatable bonds is 2. The molecule has 3 aromatic rings. The summed E-state index contributed by atoms with van der Waals surface area (Å²) in [6, 6.07) is 13.3. The number of hydrogen-bond acceptors (Lipinski definition) is 3. The van der Waals surface area contributed by atoms with E-state index in [9.17, 15) is 8.42 Å². The van der Waals surface area contributed by atoms with Crippen molar-refractivity contribution in [3.8, 4) is 0 Å². The van der Waals surface area contributed by atoms with Gasteiger partial charge in [-0.1, -0.05) is 18.2 Å². The lowest BCUT2D eigenvalue weighted by Crippen LogP contribution is -2.32. The van der Waals surface area contributed by atoms with Gasteiger partial charge in [-0.25, -0.2) is 8.42 Å². The van der Waals surface area contributed by atoms with E-state index in [2.05, 4.69) is 16.9 Å². The van der Waals surface area contributed by atoms with Crippen LogP contribution in [-0.2, 0) is 23.3 Å². The van der Waals surface area contributed by atoms with Crippen LogP contribution >= 0.6 is 0 Å². The first-order valence-corrected chi connectivity index (χ1v) is 10.6. The van der Waals surface area contributed by atoms with Crippen molar-refractivity contribution in [3.63, 3.8) is 0 Å². The van der Waals surface area contributed by atoms with E-state index < -0.39 is 9.84 Å². The molecule has 2 bridgehead atoms. The summed E-state index contributed by atoms with van der Waals surface area (Å²) in [7, 11) is -1.40. The predicted octanol–water partition coefficient (Wildman–Crippen LogP) is 3.67. The Hall–Kier alpha value is -2.11. The molecule has 0 spiro atoms. The number of aryl methyl sites for hydroxylation is 2. The van der Waals surface area contributed by atoms with Crippen LogP contribution in [0.15, 0.2) is 52.3 Å². The number of aromatic nitrogens is 1. The molecule has 1 N–H and O–H groups in total. The second-order valence-electron chi connectivity index (χ2n) is 7.57. The average molecular weight is 366 g/mol. The number of nitrogens with zero attached hydrogens (tertiary/aromatic N) is 1. The number of hydrogen-bond donors (Lipinski definition) is 1. The van der Waals surface area contributed by atoms with E-state index in [1.807, 2.05) is 25.1 Å². The molecule has 1 saturated heterocycles. The first kappa shape index (κ1) is 16.1. The van der Waals surface area contributed by atoms with Crippen molar-refractivity contribution >= 4 is 20.7 Å². The van der Waals surface area contributed by atoms with Crippen LogP contribution < -0.4 is 5.32 Å². The minimum absolute atomic E-state index is 0.349. The summed E-state index contributed by atoms with van der Waals surface area (Å²) in [5.41, 5.74) is 4.86. The number of sulfone groups is 1. The molecule has 4 nitrogen and oxygen atoms in total. The summed E-state index contributed by atoms with van der Waals surface area (Å²) in [6.45, 7) is 2.02. The molecule has 26 heavy (non-hydrogen) atoms. The molecule has 0 saturated carbocycles. The zero-order valence-electron chi connectivity index (χ0n) is 15.0. The summed E-state index contributed by atoms with van der Waals surface area (Å²) in [6.07, 6.45) is 3.35. The highest BCUT2D eigenvalue weighted by Gasteiger charge is 2.36. The van der Waals surface area contributed by atoms with Crippen molar-refractivity contribution < 1.29 is 8.42 Å². The summed E-state index contributed by atoms with van der Waals surface area (Å²) in [4.78, 5) is 0.741. The highest BCUT2D eigenvalue weighted by Crippen LogP contribution is 2.43. The van der Waals surface area contributed by atoms with Crippen molar-refractivity contribution in [2.24, 2.45) is 7.05 Å². The molecule has 1 fully saturated rings. The molecule has 3 heterocycles. The van der Waals surface area contributed by atoms with Gasteiger partial charge in [-0.2, -0.15) is 0 Å². The van der Waals surface area contributed by atoms with Crippen LogP contribution in [-0.4, -0.2) is 19.0 Å². The lowest BCUT2D eigenvalue weighted by Gasteiger charge is -2.23. The standard InChI is InChI=1S/C21H22N2O2S/c1-13-10-16(26(24,25)15-6-4-3-5-7-15)12-17-20-18-9-8-14(22-18)11-19(20)23(2)21(13)17/h3-7,10,12,14,18,22H,8-9,11H2,1-2H3. The van der Waals surface area contributed by atoms with Crippen LogP contribution in [0.3, 0.4) is 0 Å². The molecule has 2 aliphatic heterocycles. The van der Waals surface area contributed by atoms with Crippen LogP contribution in [0.2, 0.25) is 0 Å². The van der Waals surface area contributed by atoms with E-state index in [1.165, 1.54) is 17.7 Å². The molecule has 5 heteroatoms. The number of nitrogens with one attached hydrogen (secondary N) is 1. The zero-order chi connectivity index (χ0) is 18.1. The molecule has 2 aliphatic rings. The Balaban J connectivity index is 1.78. The summed E-state index contributed by atoms with van der Waals surface area (Å²) in [5, 5.41) is 4.79. The third-order valence-electron chi connectivity index (χ3n) is 6.01. The van der Waals surface area contributed by atoms with Gasteiger partial charge < -0.3 is 9.88 Å². The maximum absolute atomic E-state index is 13.1. The van der Waals surface area contributed by atoms with Gasteiger partial charge in [0.05, 0.1) is 15.3 Å². The van der Waals surface area contributed by atoms with Gasteiger partial charge in [-0.15, -0.1) is 0 Å². The number of benzene rings is 2. The molecule has 5 rings (SSSR count). The highest BCUT2D eigenvalue weighted by molar-refractivity contribution is 7.91. The van der Waals surface area contributed by atoms with E-state index in [0.29, 0.717) is 21.9 Å². The van der Waals surface area contributed by atoms with Gasteiger partial charge in [-0.3, -0.25) is 0 Å². The second-order valence-corrected chi connectivity index (χ2v) is 9.52. The van der Waals surface area contributed by atoms with Gasteiger partial charge in [0.1, 0.15) is 0 Å². The van der Waals surface area contributed by atoms with Gasteiger partial charge in [0.25, 0.3) is 0 Å².